The van der Waals surface area contributed by atoms with Gasteiger partial charge in [-0.2, -0.15) is 0 Å². The molecule has 0 saturated carbocycles. The zero-order chi connectivity index (χ0) is 21.9. The van der Waals surface area contributed by atoms with E-state index in [-0.39, 0.29) is 18.5 Å². The first-order chi connectivity index (χ1) is 14.3. The zero-order valence-electron chi connectivity index (χ0n) is 18.6. The monoisotopic (exact) mass is 414 g/mol. The molecule has 0 aliphatic rings. The van der Waals surface area contributed by atoms with Gasteiger partial charge in [-0.15, -0.1) is 0 Å². The van der Waals surface area contributed by atoms with Crippen LogP contribution in [0.25, 0.3) is 0 Å². The number of hydrogen-bond donors (Lipinski definition) is 2. The van der Waals surface area contributed by atoms with E-state index in [4.69, 9.17) is 9.15 Å². The molecular weight excluding hydrogens is 380 g/mol. The number of carbonyl (C=O) groups excluding carboxylic acids is 1. The molecule has 0 aliphatic heterocycles. The Bertz CT molecular complexity index is 783. The molecule has 2 N–H and O–H groups in total. The average Bonchev–Trinajstić information content (AvgIpc) is 3.23. The van der Waals surface area contributed by atoms with Crippen LogP contribution in [0, 0.1) is 5.92 Å². The van der Waals surface area contributed by atoms with Crippen molar-refractivity contribution >= 4 is 11.9 Å². The molecule has 0 spiro atoms. The summed E-state index contributed by atoms with van der Waals surface area (Å²) in [6, 6.07) is 11.9. The number of likely N-dealkylation sites (N-methyl/N-ethyl adjacent to an activating group) is 1. The van der Waals surface area contributed by atoms with Gasteiger partial charge in [-0.3, -0.25) is 4.79 Å². The molecule has 1 aromatic carbocycles. The number of rotatable bonds is 10. The van der Waals surface area contributed by atoms with E-state index in [0.717, 1.165) is 23.5 Å². The molecule has 1 atom stereocenters. The second-order valence-electron chi connectivity index (χ2n) is 7.85. The molecule has 0 radical (unpaired) electrons. The van der Waals surface area contributed by atoms with Gasteiger partial charge in [-0.1, -0.05) is 26.0 Å². The number of nitrogens with zero attached hydrogens (tertiary/aromatic N) is 2. The largest absolute Gasteiger partial charge is 0.493 e. The summed E-state index contributed by atoms with van der Waals surface area (Å²) < 4.78 is 11.1. The van der Waals surface area contributed by atoms with E-state index in [1.165, 1.54) is 4.90 Å². The minimum absolute atomic E-state index is 0.00784. The third-order valence-electron chi connectivity index (χ3n) is 4.43. The van der Waals surface area contributed by atoms with Gasteiger partial charge in [0.25, 0.3) is 0 Å². The van der Waals surface area contributed by atoms with Crippen molar-refractivity contribution in [2.24, 2.45) is 10.9 Å². The minimum atomic E-state index is -0.0542. The highest BCUT2D eigenvalue weighted by Gasteiger charge is 2.10. The van der Waals surface area contributed by atoms with Gasteiger partial charge in [0.05, 0.1) is 18.9 Å². The predicted octanol–water partition coefficient (Wildman–Crippen LogP) is 3.24. The molecule has 0 aliphatic carbocycles. The summed E-state index contributed by atoms with van der Waals surface area (Å²) >= 11 is 0. The van der Waals surface area contributed by atoms with Crippen LogP contribution in [0.15, 0.2) is 52.1 Å². The van der Waals surface area contributed by atoms with Crippen LogP contribution in [0.5, 0.6) is 5.75 Å². The number of nitrogens with one attached hydrogen (secondary N) is 2. The molecule has 0 saturated heterocycles. The first kappa shape index (κ1) is 23.3. The number of aliphatic imine (C=N–C) groups is 1. The number of furan rings is 1. The lowest BCUT2D eigenvalue weighted by Gasteiger charge is -2.19. The van der Waals surface area contributed by atoms with Gasteiger partial charge in [-0.05, 0) is 42.7 Å². The van der Waals surface area contributed by atoms with Crippen LogP contribution in [-0.2, 0) is 11.2 Å². The fourth-order valence-corrected chi connectivity index (χ4v) is 2.60. The van der Waals surface area contributed by atoms with Gasteiger partial charge in [0.1, 0.15) is 18.1 Å². The van der Waals surface area contributed by atoms with Crippen molar-refractivity contribution < 1.29 is 13.9 Å². The number of carbonyl (C=O) groups is 1. The fourth-order valence-electron chi connectivity index (χ4n) is 2.60. The Hall–Kier alpha value is -2.96. The maximum absolute atomic E-state index is 11.9. The van der Waals surface area contributed by atoms with Crippen molar-refractivity contribution in [2.75, 3.05) is 33.8 Å². The first-order valence-corrected chi connectivity index (χ1v) is 10.3. The van der Waals surface area contributed by atoms with Gasteiger partial charge in [0, 0.05) is 27.1 Å². The van der Waals surface area contributed by atoms with Gasteiger partial charge < -0.3 is 24.7 Å². The fraction of sp³-hybridized carbons (Fsp3) is 0.478. The second kappa shape index (κ2) is 11.9. The molecule has 0 fully saturated rings. The molecule has 2 rings (SSSR count). The Morgan fingerprint density at radius 1 is 1.17 bits per heavy atom. The number of ether oxygens (including phenoxy) is 1. The van der Waals surface area contributed by atoms with Crippen LogP contribution < -0.4 is 15.4 Å². The average molecular weight is 415 g/mol. The Kier molecular flexibility index (Phi) is 9.25. The third-order valence-corrected chi connectivity index (χ3v) is 4.43. The molecular formula is C23H34N4O3. The molecule has 1 aromatic heterocycles. The molecule has 1 unspecified atom stereocenters. The minimum Gasteiger partial charge on any atom is -0.493 e. The number of guanidine groups is 1. The van der Waals surface area contributed by atoms with E-state index in [9.17, 15) is 4.79 Å². The molecule has 1 amide bonds. The van der Waals surface area contributed by atoms with Crippen LogP contribution in [0.3, 0.4) is 0 Å². The molecule has 1 heterocycles. The Morgan fingerprint density at radius 3 is 2.50 bits per heavy atom. The molecule has 7 heteroatoms. The summed E-state index contributed by atoms with van der Waals surface area (Å²) in [7, 11) is 3.45. The Labute approximate surface area is 179 Å². The lowest BCUT2D eigenvalue weighted by Crippen LogP contribution is -2.40. The topological polar surface area (TPSA) is 79.1 Å². The van der Waals surface area contributed by atoms with Crippen molar-refractivity contribution in [1.82, 2.24) is 15.5 Å². The van der Waals surface area contributed by atoms with Crippen LogP contribution >= 0.6 is 0 Å². The van der Waals surface area contributed by atoms with Crippen molar-refractivity contribution in [2.45, 2.75) is 33.2 Å². The lowest BCUT2D eigenvalue weighted by atomic mass is 10.1. The standard InChI is InChI=1S/C23H34N4O3/c1-17(2)16-30-21-10-8-19(9-11-21)18(3)26-23(25-15-22(28)27(4)5)24-13-12-20-7-6-14-29-20/h6-11,14,17-18H,12-13,15-16H2,1-5H3,(H2,24,25,26). The summed E-state index contributed by atoms with van der Waals surface area (Å²) in [5.74, 6) is 2.78. The van der Waals surface area contributed by atoms with Crippen molar-refractivity contribution in [3.05, 3.63) is 54.0 Å². The van der Waals surface area contributed by atoms with E-state index in [1.54, 1.807) is 20.4 Å². The number of amides is 1. The van der Waals surface area contributed by atoms with Gasteiger partial charge in [0.15, 0.2) is 5.96 Å². The van der Waals surface area contributed by atoms with Gasteiger partial charge >= 0.3 is 0 Å². The summed E-state index contributed by atoms with van der Waals surface area (Å²) in [6.07, 6.45) is 2.39. The van der Waals surface area contributed by atoms with Crippen LogP contribution in [0.2, 0.25) is 0 Å². The summed E-state index contributed by atoms with van der Waals surface area (Å²) in [5, 5.41) is 6.65. The highest BCUT2D eigenvalue weighted by atomic mass is 16.5. The van der Waals surface area contributed by atoms with Crippen molar-refractivity contribution in [3.63, 3.8) is 0 Å². The summed E-state index contributed by atoms with van der Waals surface area (Å²) in [6.45, 7) is 7.73. The Morgan fingerprint density at radius 2 is 1.90 bits per heavy atom. The van der Waals surface area contributed by atoms with Crippen molar-refractivity contribution in [3.8, 4) is 5.75 Å². The molecule has 164 valence electrons. The van der Waals surface area contributed by atoms with Crippen molar-refractivity contribution in [1.29, 1.82) is 0 Å². The van der Waals surface area contributed by atoms with Crippen LogP contribution in [0.4, 0.5) is 0 Å². The van der Waals surface area contributed by atoms with E-state index in [0.29, 0.717) is 25.0 Å². The zero-order valence-corrected chi connectivity index (χ0v) is 18.6. The van der Waals surface area contributed by atoms with Gasteiger partial charge in [0.2, 0.25) is 5.91 Å². The second-order valence-corrected chi connectivity index (χ2v) is 7.85. The SMILES string of the molecule is CC(C)COc1ccc(C(C)NC(=NCC(=O)N(C)C)NCCc2ccco2)cc1. The Balaban J connectivity index is 1.97. The normalized spacial score (nSPS) is 12.5. The molecule has 7 nitrogen and oxygen atoms in total. The maximum atomic E-state index is 11.9. The maximum Gasteiger partial charge on any atom is 0.243 e. The molecule has 2 aromatic rings. The summed E-state index contributed by atoms with van der Waals surface area (Å²) in [4.78, 5) is 17.9. The van der Waals surface area contributed by atoms with E-state index in [2.05, 4.69) is 36.4 Å². The predicted molar refractivity (Wildman–Crippen MR) is 120 cm³/mol. The van der Waals surface area contributed by atoms with E-state index >= 15 is 0 Å². The summed E-state index contributed by atoms with van der Waals surface area (Å²) in [5.41, 5.74) is 1.10. The quantitative estimate of drug-likeness (QED) is 0.461. The number of hydrogen-bond acceptors (Lipinski definition) is 4. The molecule has 30 heavy (non-hydrogen) atoms. The highest BCUT2D eigenvalue weighted by Crippen LogP contribution is 2.18. The smallest absolute Gasteiger partial charge is 0.243 e. The van der Waals surface area contributed by atoms with E-state index in [1.807, 2.05) is 36.4 Å². The van der Waals surface area contributed by atoms with Crippen LogP contribution in [0.1, 0.15) is 38.1 Å². The number of benzene rings is 1. The van der Waals surface area contributed by atoms with Gasteiger partial charge in [-0.25, -0.2) is 4.99 Å². The van der Waals surface area contributed by atoms with E-state index < -0.39 is 0 Å². The third kappa shape index (κ3) is 8.19. The lowest BCUT2D eigenvalue weighted by molar-refractivity contribution is -0.127. The van der Waals surface area contributed by atoms with Crippen LogP contribution in [-0.4, -0.2) is 50.6 Å². The first-order valence-electron chi connectivity index (χ1n) is 10.3. The highest BCUT2D eigenvalue weighted by molar-refractivity contribution is 5.85. The molecule has 0 bridgehead atoms.